The van der Waals surface area contributed by atoms with Gasteiger partial charge in [-0.3, -0.25) is 28.8 Å². The van der Waals surface area contributed by atoms with Gasteiger partial charge in [-0.2, -0.15) is 0 Å². The zero-order valence-electron chi connectivity index (χ0n) is 50.6. The van der Waals surface area contributed by atoms with Crippen LogP contribution in [0.25, 0.3) is 0 Å². The van der Waals surface area contributed by atoms with Crippen molar-refractivity contribution in [2.24, 2.45) is 0 Å². The third kappa shape index (κ3) is 17.3. The number of ether oxygens (including phenoxy) is 8. The third-order valence-corrected chi connectivity index (χ3v) is 18.8. The smallest absolute Gasteiger partial charge is 0.306 e. The Labute approximate surface area is 499 Å². The van der Waals surface area contributed by atoms with E-state index in [1.54, 1.807) is 97.2 Å². The van der Waals surface area contributed by atoms with Crippen LogP contribution in [-0.4, -0.2) is 92.8 Å². The first-order chi connectivity index (χ1) is 40.5. The van der Waals surface area contributed by atoms with Gasteiger partial charge in [0, 0.05) is 64.2 Å². The van der Waals surface area contributed by atoms with Crippen molar-refractivity contribution in [2.45, 2.75) is 303 Å². The first kappa shape index (κ1) is 63.8. The molecule has 6 aliphatic heterocycles. The van der Waals surface area contributed by atoms with Crippen LogP contribution in [0.2, 0.25) is 0 Å². The Kier molecular flexibility index (Phi) is 21.9. The van der Waals surface area contributed by atoms with Crippen molar-refractivity contribution in [3.05, 3.63) is 97.2 Å². The van der Waals surface area contributed by atoms with Crippen LogP contribution in [0.5, 0.6) is 0 Å². The molecule has 6 atom stereocenters. The molecule has 0 amide bonds. The Hall–Kier alpha value is -4.70. The van der Waals surface area contributed by atoms with Gasteiger partial charge in [0.25, 0.3) is 0 Å². The lowest BCUT2D eigenvalue weighted by Gasteiger charge is -2.48. The summed E-state index contributed by atoms with van der Waals surface area (Å²) in [6.45, 7) is 4.50. The number of esters is 2. The second-order valence-corrected chi connectivity index (χ2v) is 26.0. The fourth-order valence-corrected chi connectivity index (χ4v) is 14.3. The minimum atomic E-state index is -1.00. The maximum Gasteiger partial charge on any atom is 0.306 e. The Morgan fingerprint density at radius 1 is 0.333 bits per heavy atom. The molecule has 0 aromatic heterocycles. The molecule has 0 saturated carbocycles. The van der Waals surface area contributed by atoms with E-state index in [1.165, 1.54) is 103 Å². The number of rotatable bonds is 26. The Balaban J connectivity index is 0.000000202. The molecule has 0 aromatic rings. The summed E-state index contributed by atoms with van der Waals surface area (Å²) in [4.78, 5) is 73.1. The molecule has 14 nitrogen and oxygen atoms in total. The van der Waals surface area contributed by atoms with Crippen molar-refractivity contribution in [2.75, 3.05) is 0 Å². The van der Waals surface area contributed by atoms with Gasteiger partial charge in [0.2, 0.25) is 0 Å². The molecule has 10 rings (SSSR count). The molecule has 84 heavy (non-hydrogen) atoms. The largest absolute Gasteiger partial charge is 0.462 e. The Bertz CT molecular complexity index is 2210. The van der Waals surface area contributed by atoms with Crippen LogP contribution in [-0.2, 0) is 66.7 Å². The number of ketones is 4. The standard InChI is InChI=1S/2C35H48O7/c2*1-2-3-4-5-6-7-8-9-10-11-12-13-31(38)39-30-26-34(24-22-32(40-34)18-14-28(36)15-19-32)42-35(27-30)25-23-33(41-35)20-16-29(37)17-21-33/h2*14-21,30H,2-13,22-27H2,1H3/t2*30?,34-,35?/m00/s1. The number of carbonyl (C=O) groups is 6. The maximum absolute atomic E-state index is 13.0. The average Bonchev–Trinajstić information content (AvgIpc) is 2.44. The lowest BCUT2D eigenvalue weighted by molar-refractivity contribution is -0.387. The highest BCUT2D eigenvalue weighted by atomic mass is 16.8. The predicted octanol–water partition coefficient (Wildman–Crippen LogP) is 14.6. The molecule has 6 heterocycles. The number of unbranched alkanes of at least 4 members (excludes halogenated alkanes) is 20. The van der Waals surface area contributed by atoms with Crippen LogP contribution in [0.3, 0.4) is 0 Å². The van der Waals surface area contributed by atoms with Crippen molar-refractivity contribution >= 4 is 35.1 Å². The van der Waals surface area contributed by atoms with E-state index in [9.17, 15) is 28.8 Å². The van der Waals surface area contributed by atoms with Gasteiger partial charge in [-0.25, -0.2) is 0 Å². The highest BCUT2D eigenvalue weighted by Crippen LogP contribution is 2.57. The van der Waals surface area contributed by atoms with Crippen LogP contribution in [0.15, 0.2) is 97.2 Å². The van der Waals surface area contributed by atoms with Gasteiger partial charge in [0.15, 0.2) is 46.3 Å². The van der Waals surface area contributed by atoms with Crippen molar-refractivity contribution in [1.29, 1.82) is 0 Å². The fraction of sp³-hybridized carbons (Fsp3) is 0.686. The van der Waals surface area contributed by atoms with E-state index >= 15 is 0 Å². The molecule has 0 radical (unpaired) electrons. The summed E-state index contributed by atoms with van der Waals surface area (Å²) in [6, 6.07) is 0. The minimum absolute atomic E-state index is 0.0630. The SMILES string of the molecule is CCCCCCCCCCCCCC(=O)OC1CC2(CCC3(C=CC(=O)C=C3)O2)O[C@@]2(CCC3(C=CC(=O)C=C3)O2)C1.CCCCCCCCCCCCCC(=O)OC1CC2(CCC3(C=CC(=O)C=C3)O2)O[C@@]2(CCC3(C=CC(=O)C=C3)O2)C1. The summed E-state index contributed by atoms with van der Waals surface area (Å²) in [5.74, 6) is -4.63. The lowest BCUT2D eigenvalue weighted by Crippen LogP contribution is -2.55. The van der Waals surface area contributed by atoms with Crippen LogP contribution in [0.4, 0.5) is 0 Å². The Morgan fingerprint density at radius 2 is 0.548 bits per heavy atom. The summed E-state index contributed by atoms with van der Waals surface area (Å²) in [7, 11) is 0. The molecular weight excluding hydrogens is 1060 g/mol. The van der Waals surface area contributed by atoms with Crippen molar-refractivity contribution in [1.82, 2.24) is 0 Å². The monoisotopic (exact) mass is 1160 g/mol. The molecule has 8 spiro atoms. The van der Waals surface area contributed by atoms with Gasteiger partial charge >= 0.3 is 11.9 Å². The molecule has 6 fully saturated rings. The second kappa shape index (κ2) is 28.9. The average molecular weight is 1160 g/mol. The topological polar surface area (TPSA) is 176 Å². The van der Waals surface area contributed by atoms with Gasteiger partial charge < -0.3 is 37.9 Å². The number of carbonyl (C=O) groups excluding carboxylic acids is 6. The zero-order valence-corrected chi connectivity index (χ0v) is 50.6. The molecule has 10 aliphatic rings. The molecule has 4 aliphatic carbocycles. The predicted molar refractivity (Wildman–Crippen MR) is 319 cm³/mol. The summed E-state index contributed by atoms with van der Waals surface area (Å²) < 4.78 is 52.1. The van der Waals surface area contributed by atoms with Gasteiger partial charge in [-0.1, -0.05) is 142 Å². The minimum Gasteiger partial charge on any atom is -0.462 e. The van der Waals surface area contributed by atoms with E-state index < -0.39 is 57.8 Å². The van der Waals surface area contributed by atoms with E-state index in [-0.39, 0.29) is 35.1 Å². The van der Waals surface area contributed by atoms with Crippen molar-refractivity contribution in [3.8, 4) is 0 Å². The number of hydrogen-bond donors (Lipinski definition) is 0. The number of hydrogen-bond acceptors (Lipinski definition) is 14. The van der Waals surface area contributed by atoms with E-state index in [2.05, 4.69) is 13.8 Å². The fourth-order valence-electron chi connectivity index (χ4n) is 14.3. The summed E-state index contributed by atoms with van der Waals surface area (Å²) in [5, 5.41) is 0. The highest BCUT2D eigenvalue weighted by molar-refractivity contribution is 6.02. The first-order valence-electron chi connectivity index (χ1n) is 32.8. The van der Waals surface area contributed by atoms with Crippen molar-refractivity contribution in [3.63, 3.8) is 0 Å². The van der Waals surface area contributed by atoms with Crippen LogP contribution in [0.1, 0.15) is 245 Å². The molecule has 0 N–H and O–H groups in total. The van der Waals surface area contributed by atoms with Crippen LogP contribution in [0, 0.1) is 0 Å². The summed E-state index contributed by atoms with van der Waals surface area (Å²) in [6.07, 6.45) is 60.5. The van der Waals surface area contributed by atoms with Gasteiger partial charge in [-0.15, -0.1) is 0 Å². The van der Waals surface area contributed by atoms with Crippen LogP contribution < -0.4 is 0 Å². The molecule has 4 unspecified atom stereocenters. The maximum atomic E-state index is 13.0. The molecule has 0 aromatic carbocycles. The van der Waals surface area contributed by atoms with Crippen LogP contribution >= 0.6 is 0 Å². The molecular formula is C70H96O14. The third-order valence-electron chi connectivity index (χ3n) is 18.8. The van der Waals surface area contributed by atoms with E-state index in [1.807, 2.05) is 0 Å². The quantitative estimate of drug-likeness (QED) is 0.0590. The molecule has 460 valence electrons. The van der Waals surface area contributed by atoms with E-state index in [0.717, 1.165) is 38.5 Å². The van der Waals surface area contributed by atoms with Crippen molar-refractivity contribution < 1.29 is 66.7 Å². The first-order valence-corrected chi connectivity index (χ1v) is 32.8. The summed E-state index contributed by atoms with van der Waals surface area (Å²) >= 11 is 0. The lowest BCUT2D eigenvalue weighted by atomic mass is 9.89. The normalized spacial score (nSPS) is 30.5. The van der Waals surface area contributed by atoms with E-state index in [0.29, 0.717) is 89.9 Å². The Morgan fingerprint density at radius 3 is 0.774 bits per heavy atom. The molecule has 6 saturated heterocycles. The molecule has 0 bridgehead atoms. The highest BCUT2D eigenvalue weighted by Gasteiger charge is 2.63. The number of allylic oxidation sites excluding steroid dienone is 8. The second-order valence-electron chi connectivity index (χ2n) is 26.0. The van der Waals surface area contributed by atoms with Gasteiger partial charge in [-0.05, 0) is 136 Å². The van der Waals surface area contributed by atoms with E-state index in [4.69, 9.17) is 37.9 Å². The van der Waals surface area contributed by atoms with Gasteiger partial charge in [0.05, 0.1) is 0 Å². The van der Waals surface area contributed by atoms with Gasteiger partial charge in [0.1, 0.15) is 34.6 Å². The summed E-state index contributed by atoms with van der Waals surface area (Å²) in [5.41, 5.74) is -2.87. The zero-order chi connectivity index (χ0) is 59.0. The molecule has 14 heteroatoms.